The quantitative estimate of drug-likeness (QED) is 0.521. The van der Waals surface area contributed by atoms with Crippen molar-refractivity contribution in [2.45, 2.75) is 57.8 Å². The van der Waals surface area contributed by atoms with Gasteiger partial charge >= 0.3 is 5.69 Å². The number of carbonyl (C=O) groups excluding carboxylic acids is 1. The van der Waals surface area contributed by atoms with Gasteiger partial charge in [-0.15, -0.1) is 0 Å². The number of para-hydroxylation sites is 1. The van der Waals surface area contributed by atoms with Crippen molar-refractivity contribution in [3.05, 3.63) is 80.5 Å². The molecule has 3 aliphatic rings. The maximum absolute atomic E-state index is 13.7. The van der Waals surface area contributed by atoms with Gasteiger partial charge in [0, 0.05) is 45.2 Å². The molecule has 6 rings (SSSR count). The number of aliphatic hydroxyl groups excluding tert-OH is 1. The Balaban J connectivity index is 1.19. The number of hydrogen-bond acceptors (Lipinski definition) is 5. The van der Waals surface area contributed by atoms with Crippen LogP contribution in [0.15, 0.2) is 58.1 Å². The van der Waals surface area contributed by atoms with Crippen LogP contribution in [0.5, 0.6) is 0 Å². The Morgan fingerprint density at radius 3 is 2.34 bits per heavy atom. The van der Waals surface area contributed by atoms with Gasteiger partial charge in [0.1, 0.15) is 0 Å². The minimum Gasteiger partial charge on any atom is -0.390 e. The van der Waals surface area contributed by atoms with Crippen LogP contribution in [-0.4, -0.2) is 62.2 Å². The van der Waals surface area contributed by atoms with E-state index in [4.69, 9.17) is 0 Å². The number of aromatic nitrogens is 2. The highest BCUT2D eigenvalue weighted by atomic mass is 16.3. The van der Waals surface area contributed by atoms with E-state index in [2.05, 4.69) is 23.1 Å². The van der Waals surface area contributed by atoms with Gasteiger partial charge in [0.15, 0.2) is 0 Å². The topological polar surface area (TPSA) is 87.8 Å². The third-order valence-electron chi connectivity index (χ3n) is 8.50. The van der Waals surface area contributed by atoms with Crippen molar-refractivity contribution in [2.24, 2.45) is 11.8 Å². The van der Waals surface area contributed by atoms with E-state index in [1.807, 2.05) is 29.2 Å². The van der Waals surface area contributed by atoms with Gasteiger partial charge in [0.2, 0.25) is 5.91 Å². The molecule has 1 atom stereocenters. The summed E-state index contributed by atoms with van der Waals surface area (Å²) in [5.74, 6) is 0.766. The van der Waals surface area contributed by atoms with Crippen molar-refractivity contribution >= 4 is 16.8 Å². The van der Waals surface area contributed by atoms with Gasteiger partial charge in [-0.1, -0.05) is 36.4 Å². The highest BCUT2D eigenvalue weighted by Gasteiger charge is 2.35. The summed E-state index contributed by atoms with van der Waals surface area (Å²) in [7, 11) is 0. The fraction of sp³-hybridized carbons (Fsp3) is 0.500. The number of rotatable bonds is 7. The number of benzene rings is 2. The van der Waals surface area contributed by atoms with Gasteiger partial charge in [0.25, 0.3) is 5.56 Å². The molecule has 38 heavy (non-hydrogen) atoms. The van der Waals surface area contributed by atoms with Gasteiger partial charge in [-0.3, -0.25) is 23.6 Å². The number of nitrogens with zero attached hydrogens (tertiary/aromatic N) is 4. The molecule has 8 heteroatoms. The summed E-state index contributed by atoms with van der Waals surface area (Å²) in [6.07, 6.45) is 3.81. The third kappa shape index (κ3) is 5.07. The first-order chi connectivity index (χ1) is 18.5. The maximum atomic E-state index is 13.7. The summed E-state index contributed by atoms with van der Waals surface area (Å²) in [4.78, 5) is 43.6. The zero-order valence-electron chi connectivity index (χ0n) is 21.8. The smallest absolute Gasteiger partial charge is 0.331 e. The Kier molecular flexibility index (Phi) is 6.93. The molecule has 1 amide bonds. The monoisotopic (exact) mass is 516 g/mol. The number of likely N-dealkylation sites (tertiary alicyclic amines) is 1. The first-order valence-corrected chi connectivity index (χ1v) is 14.0. The summed E-state index contributed by atoms with van der Waals surface area (Å²) >= 11 is 0. The Morgan fingerprint density at radius 2 is 1.58 bits per heavy atom. The molecule has 2 aromatic carbocycles. The summed E-state index contributed by atoms with van der Waals surface area (Å²) in [6.45, 7) is 3.92. The van der Waals surface area contributed by atoms with E-state index >= 15 is 0 Å². The first kappa shape index (κ1) is 25.1. The van der Waals surface area contributed by atoms with Crippen molar-refractivity contribution in [3.8, 4) is 0 Å². The molecule has 0 unspecified atom stereocenters. The molecule has 2 aliphatic heterocycles. The standard InChI is InChI=1S/C30H36N4O4/c35-25(19-31-14-13-22-5-1-2-6-24(22)18-31)20-34-29(37)26-7-3-4-8-27(26)33(30(34)38)17-21-11-15-32(16-12-21)28(36)23-9-10-23/h1-8,21,23,25,35H,9-20H2/t25-/m1/s1. The Hall–Kier alpha value is -3.23. The summed E-state index contributed by atoms with van der Waals surface area (Å²) in [5, 5.41) is 11.5. The van der Waals surface area contributed by atoms with E-state index in [-0.39, 0.29) is 35.5 Å². The van der Waals surface area contributed by atoms with Crippen molar-refractivity contribution in [1.29, 1.82) is 0 Å². The molecule has 1 N–H and O–H groups in total. The third-order valence-corrected chi connectivity index (χ3v) is 8.50. The van der Waals surface area contributed by atoms with Crippen LogP contribution >= 0.6 is 0 Å². The highest BCUT2D eigenvalue weighted by molar-refractivity contribution is 5.81. The van der Waals surface area contributed by atoms with Crippen LogP contribution < -0.4 is 11.2 Å². The van der Waals surface area contributed by atoms with Gasteiger partial charge in [-0.05, 0) is 61.3 Å². The molecule has 8 nitrogen and oxygen atoms in total. The molecule has 0 radical (unpaired) electrons. The van der Waals surface area contributed by atoms with Gasteiger partial charge in [0.05, 0.1) is 23.6 Å². The van der Waals surface area contributed by atoms with E-state index in [0.717, 1.165) is 58.3 Å². The van der Waals surface area contributed by atoms with Crippen molar-refractivity contribution in [3.63, 3.8) is 0 Å². The van der Waals surface area contributed by atoms with Crippen LogP contribution in [0.25, 0.3) is 10.9 Å². The fourth-order valence-corrected chi connectivity index (χ4v) is 6.17. The molecule has 0 spiro atoms. The molecule has 3 heterocycles. The van der Waals surface area contributed by atoms with Crippen LogP contribution in [0.2, 0.25) is 0 Å². The second-order valence-corrected chi connectivity index (χ2v) is 11.3. The lowest BCUT2D eigenvalue weighted by molar-refractivity contribution is -0.134. The Labute approximate surface area is 222 Å². The fourth-order valence-electron chi connectivity index (χ4n) is 6.17. The molecule has 200 valence electrons. The largest absolute Gasteiger partial charge is 0.390 e. The molecule has 0 bridgehead atoms. The van der Waals surface area contributed by atoms with E-state index in [1.54, 1.807) is 10.6 Å². The normalized spacial score (nSPS) is 19.4. The van der Waals surface area contributed by atoms with Gasteiger partial charge < -0.3 is 10.0 Å². The molecule has 1 aliphatic carbocycles. The molecule has 3 aromatic rings. The van der Waals surface area contributed by atoms with E-state index in [1.165, 1.54) is 15.7 Å². The predicted molar refractivity (Wildman–Crippen MR) is 146 cm³/mol. The Bertz CT molecular complexity index is 1450. The molecule has 1 saturated heterocycles. The second kappa shape index (κ2) is 10.5. The summed E-state index contributed by atoms with van der Waals surface area (Å²) in [6, 6.07) is 15.6. The minimum atomic E-state index is -0.836. The van der Waals surface area contributed by atoms with Crippen LogP contribution in [0, 0.1) is 11.8 Å². The number of piperidine rings is 1. The number of β-amino-alcohol motifs (C(OH)–C–C–N with tert-alkyl or cyclic N) is 1. The number of aliphatic hydroxyl groups is 1. The van der Waals surface area contributed by atoms with Gasteiger partial charge in [-0.25, -0.2) is 4.79 Å². The minimum absolute atomic E-state index is 0.0328. The average Bonchev–Trinajstić information content (AvgIpc) is 3.79. The number of hydrogen-bond donors (Lipinski definition) is 1. The zero-order valence-corrected chi connectivity index (χ0v) is 21.8. The zero-order chi connectivity index (χ0) is 26.2. The SMILES string of the molecule is O=C(C1CC1)N1CCC(Cn2c(=O)n(C[C@H](O)CN3CCc4ccccc4C3)c(=O)c3ccccc32)CC1. The average molecular weight is 517 g/mol. The lowest BCUT2D eigenvalue weighted by Crippen LogP contribution is -2.46. The summed E-state index contributed by atoms with van der Waals surface area (Å²) < 4.78 is 2.93. The Morgan fingerprint density at radius 1 is 0.868 bits per heavy atom. The van der Waals surface area contributed by atoms with Crippen LogP contribution in [-0.2, 0) is 30.8 Å². The van der Waals surface area contributed by atoms with Crippen LogP contribution in [0.1, 0.15) is 36.8 Å². The van der Waals surface area contributed by atoms with E-state index in [9.17, 15) is 19.5 Å². The molecule has 1 aromatic heterocycles. The van der Waals surface area contributed by atoms with Gasteiger partial charge in [-0.2, -0.15) is 0 Å². The maximum Gasteiger partial charge on any atom is 0.331 e. The van der Waals surface area contributed by atoms with E-state index < -0.39 is 6.10 Å². The second-order valence-electron chi connectivity index (χ2n) is 11.3. The van der Waals surface area contributed by atoms with Crippen molar-refractivity contribution < 1.29 is 9.90 Å². The van der Waals surface area contributed by atoms with Crippen LogP contribution in [0.3, 0.4) is 0 Å². The van der Waals surface area contributed by atoms with Crippen molar-refractivity contribution in [2.75, 3.05) is 26.2 Å². The summed E-state index contributed by atoms with van der Waals surface area (Å²) in [5.41, 5.74) is 2.52. The lowest BCUT2D eigenvalue weighted by Gasteiger charge is -2.33. The number of amides is 1. The molecular weight excluding hydrogens is 480 g/mol. The molecule has 1 saturated carbocycles. The lowest BCUT2D eigenvalue weighted by atomic mass is 9.96. The first-order valence-electron chi connectivity index (χ1n) is 14.0. The highest BCUT2D eigenvalue weighted by Crippen LogP contribution is 2.32. The molecule has 2 fully saturated rings. The van der Waals surface area contributed by atoms with E-state index in [0.29, 0.717) is 24.0 Å². The number of carbonyl (C=O) groups is 1. The van der Waals surface area contributed by atoms with Crippen molar-refractivity contribution in [1.82, 2.24) is 18.9 Å². The number of fused-ring (bicyclic) bond motifs is 2. The predicted octanol–water partition coefficient (Wildman–Crippen LogP) is 2.23. The van der Waals surface area contributed by atoms with Crippen LogP contribution in [0.4, 0.5) is 0 Å². The molecular formula is C30H36N4O4.